The second-order valence-electron chi connectivity index (χ2n) is 6.31. The Morgan fingerprint density at radius 3 is 2.31 bits per heavy atom. The van der Waals surface area contributed by atoms with Gasteiger partial charge in [-0.1, -0.05) is 61.9 Å². The monoisotopic (exact) mass is 350 g/mol. The third kappa shape index (κ3) is 4.97. The highest BCUT2D eigenvalue weighted by atomic mass is 16.6. The molecule has 0 heterocycles. The van der Waals surface area contributed by atoms with Crippen LogP contribution >= 0.6 is 0 Å². The molecule has 0 aliphatic carbocycles. The smallest absolute Gasteiger partial charge is 0.193 e. The number of hydrogen-bond acceptors (Lipinski definition) is 4. The van der Waals surface area contributed by atoms with E-state index in [0.717, 1.165) is 29.6 Å². The molecule has 0 saturated carbocycles. The zero-order valence-electron chi connectivity index (χ0n) is 15.1. The average Bonchev–Trinajstić information content (AvgIpc) is 2.68. The van der Waals surface area contributed by atoms with Crippen molar-refractivity contribution in [1.82, 2.24) is 0 Å². The number of fused-ring (bicyclic) bond motifs is 1. The molecule has 3 aromatic carbocycles. The van der Waals surface area contributed by atoms with E-state index in [0.29, 0.717) is 6.61 Å². The molecule has 136 valence electrons. The van der Waals surface area contributed by atoms with Crippen molar-refractivity contribution in [2.24, 2.45) is 0 Å². The summed E-state index contributed by atoms with van der Waals surface area (Å²) in [6.45, 7) is 2.63. The summed E-state index contributed by atoms with van der Waals surface area (Å²) in [7, 11) is 0. The molecular weight excluding hydrogens is 324 g/mol. The summed E-state index contributed by atoms with van der Waals surface area (Å²) >= 11 is 0. The van der Waals surface area contributed by atoms with Crippen LogP contribution in [0.4, 0.5) is 11.4 Å². The van der Waals surface area contributed by atoms with E-state index in [9.17, 15) is 5.11 Å². The van der Waals surface area contributed by atoms with Gasteiger partial charge in [0.1, 0.15) is 6.17 Å². The zero-order chi connectivity index (χ0) is 18.2. The van der Waals surface area contributed by atoms with Gasteiger partial charge in [-0.3, -0.25) is 0 Å². The Balaban J connectivity index is 1.76. The molecule has 4 heteroatoms. The molecule has 0 bridgehead atoms. The lowest BCUT2D eigenvalue weighted by molar-refractivity contribution is -0.105. The number of unbranched alkanes of at least 4 members (excludes halogenated alkanes) is 1. The van der Waals surface area contributed by atoms with Gasteiger partial charge in [0.25, 0.3) is 0 Å². The fourth-order valence-corrected chi connectivity index (χ4v) is 2.80. The minimum absolute atomic E-state index is 0.463. The lowest BCUT2D eigenvalue weighted by atomic mass is 10.1. The largest absolute Gasteiger partial charge is 0.365 e. The van der Waals surface area contributed by atoms with Crippen LogP contribution in [0, 0.1) is 0 Å². The quantitative estimate of drug-likeness (QED) is 0.382. The van der Waals surface area contributed by atoms with Crippen LogP contribution in [0.1, 0.15) is 19.8 Å². The van der Waals surface area contributed by atoms with Crippen LogP contribution in [0.5, 0.6) is 0 Å². The van der Waals surface area contributed by atoms with Gasteiger partial charge in [-0.15, -0.1) is 0 Å². The van der Waals surface area contributed by atoms with Crippen LogP contribution in [0.3, 0.4) is 0 Å². The summed E-state index contributed by atoms with van der Waals surface area (Å²) in [6.07, 6.45) is 0.524. The van der Waals surface area contributed by atoms with E-state index in [-0.39, 0.29) is 0 Å². The third-order valence-electron chi connectivity index (χ3n) is 4.24. The molecule has 4 nitrogen and oxygen atoms in total. The SMILES string of the molecule is CCCCOC(O)C(Nc1ccccc1)Nc1ccc2ccccc2c1. The van der Waals surface area contributed by atoms with Gasteiger partial charge in [0.2, 0.25) is 0 Å². The van der Waals surface area contributed by atoms with Crippen LogP contribution in [-0.4, -0.2) is 24.2 Å². The van der Waals surface area contributed by atoms with Gasteiger partial charge in [0.15, 0.2) is 6.29 Å². The normalized spacial score (nSPS) is 13.3. The Kier molecular flexibility index (Phi) is 6.47. The van der Waals surface area contributed by atoms with Crippen molar-refractivity contribution in [2.45, 2.75) is 32.2 Å². The van der Waals surface area contributed by atoms with Crippen molar-refractivity contribution >= 4 is 22.1 Å². The number of benzene rings is 3. The molecule has 0 fully saturated rings. The highest BCUT2D eigenvalue weighted by molar-refractivity contribution is 5.85. The van der Waals surface area contributed by atoms with Gasteiger partial charge in [0.05, 0.1) is 0 Å². The van der Waals surface area contributed by atoms with Crippen LogP contribution < -0.4 is 10.6 Å². The Bertz CT molecular complexity index is 807. The molecule has 3 N–H and O–H groups in total. The maximum absolute atomic E-state index is 10.5. The van der Waals surface area contributed by atoms with Gasteiger partial charge in [-0.25, -0.2) is 0 Å². The summed E-state index contributed by atoms with van der Waals surface area (Å²) in [4.78, 5) is 0. The van der Waals surface area contributed by atoms with Crippen molar-refractivity contribution in [2.75, 3.05) is 17.2 Å². The highest BCUT2D eigenvalue weighted by Crippen LogP contribution is 2.21. The minimum Gasteiger partial charge on any atom is -0.365 e. The van der Waals surface area contributed by atoms with Crippen LogP contribution in [-0.2, 0) is 4.74 Å². The molecule has 2 unspecified atom stereocenters. The van der Waals surface area contributed by atoms with Gasteiger partial charge < -0.3 is 20.5 Å². The van der Waals surface area contributed by atoms with E-state index in [1.165, 1.54) is 5.39 Å². The Hall–Kier alpha value is -2.56. The van der Waals surface area contributed by atoms with Crippen molar-refractivity contribution in [3.63, 3.8) is 0 Å². The molecule has 0 aliphatic rings. The molecule has 0 saturated heterocycles. The van der Waals surface area contributed by atoms with E-state index >= 15 is 0 Å². The maximum Gasteiger partial charge on any atom is 0.193 e. The van der Waals surface area contributed by atoms with Crippen LogP contribution in [0.2, 0.25) is 0 Å². The summed E-state index contributed by atoms with van der Waals surface area (Å²) in [5.74, 6) is 0. The van der Waals surface area contributed by atoms with Crippen molar-refractivity contribution < 1.29 is 9.84 Å². The van der Waals surface area contributed by atoms with Crippen LogP contribution in [0.25, 0.3) is 10.8 Å². The third-order valence-corrected chi connectivity index (χ3v) is 4.24. The molecule has 0 spiro atoms. The number of para-hydroxylation sites is 1. The summed E-state index contributed by atoms with van der Waals surface area (Å²) in [5.41, 5.74) is 1.85. The molecule has 0 radical (unpaired) electrons. The van der Waals surface area contributed by atoms with Crippen molar-refractivity contribution in [3.8, 4) is 0 Å². The van der Waals surface area contributed by atoms with Crippen molar-refractivity contribution in [1.29, 1.82) is 0 Å². The van der Waals surface area contributed by atoms with E-state index in [1.807, 2.05) is 48.5 Å². The molecule has 26 heavy (non-hydrogen) atoms. The maximum atomic E-state index is 10.5. The molecular formula is C22H26N2O2. The predicted octanol–water partition coefficient (Wildman–Crippen LogP) is 4.83. The highest BCUT2D eigenvalue weighted by Gasteiger charge is 2.19. The molecule has 3 rings (SSSR count). The first-order valence-electron chi connectivity index (χ1n) is 9.13. The number of nitrogens with one attached hydrogen (secondary N) is 2. The van der Waals surface area contributed by atoms with E-state index < -0.39 is 12.5 Å². The van der Waals surface area contributed by atoms with Gasteiger partial charge >= 0.3 is 0 Å². The van der Waals surface area contributed by atoms with Gasteiger partial charge in [-0.05, 0) is 41.5 Å². The predicted molar refractivity (Wildman–Crippen MR) is 108 cm³/mol. The Morgan fingerprint density at radius 1 is 0.846 bits per heavy atom. The first kappa shape index (κ1) is 18.2. The van der Waals surface area contributed by atoms with Crippen LogP contribution in [0.15, 0.2) is 72.8 Å². The number of anilines is 2. The number of rotatable bonds is 9. The fourth-order valence-electron chi connectivity index (χ4n) is 2.80. The molecule has 3 aromatic rings. The standard InChI is InChI=1S/C22H26N2O2/c1-2-3-15-26-22(25)21(23-19-11-5-4-6-12-19)24-20-14-13-17-9-7-8-10-18(17)16-20/h4-14,16,21-25H,2-3,15H2,1H3. The fraction of sp³-hybridized carbons (Fsp3) is 0.273. The first-order valence-corrected chi connectivity index (χ1v) is 9.13. The van der Waals surface area contributed by atoms with Gasteiger partial charge in [0, 0.05) is 18.0 Å². The minimum atomic E-state index is -0.965. The van der Waals surface area contributed by atoms with Crippen molar-refractivity contribution in [3.05, 3.63) is 72.8 Å². The zero-order valence-corrected chi connectivity index (χ0v) is 15.1. The Labute approximate surface area is 154 Å². The second kappa shape index (κ2) is 9.22. The number of hydrogen-bond donors (Lipinski definition) is 3. The first-order chi connectivity index (χ1) is 12.8. The molecule has 0 aromatic heterocycles. The topological polar surface area (TPSA) is 53.5 Å². The van der Waals surface area contributed by atoms with E-state index in [4.69, 9.17) is 4.74 Å². The molecule has 2 atom stereocenters. The summed E-state index contributed by atoms with van der Waals surface area (Å²) in [5, 5.41) is 19.5. The molecule has 0 aliphatic heterocycles. The number of aliphatic hydroxyl groups excluding tert-OH is 1. The average molecular weight is 350 g/mol. The number of ether oxygens (including phenoxy) is 1. The molecule has 0 amide bonds. The van der Waals surface area contributed by atoms with Gasteiger partial charge in [-0.2, -0.15) is 0 Å². The van der Waals surface area contributed by atoms with E-state index in [1.54, 1.807) is 0 Å². The summed E-state index contributed by atoms with van der Waals surface area (Å²) < 4.78 is 5.61. The number of aliphatic hydroxyl groups is 1. The lowest BCUT2D eigenvalue weighted by Crippen LogP contribution is -2.42. The summed E-state index contributed by atoms with van der Waals surface area (Å²) in [6, 6.07) is 24.2. The lowest BCUT2D eigenvalue weighted by Gasteiger charge is -2.27. The van der Waals surface area contributed by atoms with E-state index in [2.05, 4.69) is 41.8 Å². The second-order valence-corrected chi connectivity index (χ2v) is 6.31. The Morgan fingerprint density at radius 2 is 1.54 bits per heavy atom.